The van der Waals surface area contributed by atoms with E-state index >= 15 is 0 Å². The maximum absolute atomic E-state index is 12.5. The second-order valence-electron chi connectivity index (χ2n) is 5.80. The van der Waals surface area contributed by atoms with E-state index in [1.54, 1.807) is 6.92 Å². The standard InChI is InChI=1S/C14H22N2O3S/c1-6-7-16(8-10(17)18)12(19)11-9(2)15-13(20-11)14(3,4)5/h6-8H2,1-5H3,(H,17,18). The number of carbonyl (C=O) groups is 2. The van der Waals surface area contributed by atoms with Gasteiger partial charge in [-0.1, -0.05) is 27.7 Å². The fourth-order valence-corrected chi connectivity index (χ4v) is 2.84. The molecule has 0 aliphatic carbocycles. The van der Waals surface area contributed by atoms with Crippen molar-refractivity contribution >= 4 is 23.2 Å². The second kappa shape index (κ2) is 6.35. The van der Waals surface area contributed by atoms with E-state index in [4.69, 9.17) is 5.11 Å². The summed E-state index contributed by atoms with van der Waals surface area (Å²) in [6, 6.07) is 0. The van der Waals surface area contributed by atoms with E-state index < -0.39 is 5.97 Å². The molecule has 0 aliphatic heterocycles. The van der Waals surface area contributed by atoms with Crippen LogP contribution < -0.4 is 0 Å². The highest BCUT2D eigenvalue weighted by atomic mass is 32.1. The maximum atomic E-state index is 12.5. The Balaban J connectivity index is 3.06. The van der Waals surface area contributed by atoms with Crippen LogP contribution in [-0.2, 0) is 10.2 Å². The van der Waals surface area contributed by atoms with E-state index in [0.717, 1.165) is 11.4 Å². The SMILES string of the molecule is CCCN(CC(=O)O)C(=O)c1sc(C(C)(C)C)nc1C. The van der Waals surface area contributed by atoms with Gasteiger partial charge in [0.2, 0.25) is 0 Å². The third-order valence-corrected chi connectivity index (χ3v) is 4.31. The Kier molecular flexibility index (Phi) is 5.28. The molecule has 0 bridgehead atoms. The predicted molar refractivity (Wildman–Crippen MR) is 79.4 cm³/mol. The molecular weight excluding hydrogens is 276 g/mol. The number of aliphatic carboxylic acids is 1. The number of amides is 1. The molecule has 0 fully saturated rings. The Labute approximate surface area is 123 Å². The first-order valence-electron chi connectivity index (χ1n) is 6.65. The molecule has 112 valence electrons. The minimum Gasteiger partial charge on any atom is -0.480 e. The van der Waals surface area contributed by atoms with Crippen molar-refractivity contribution in [2.45, 2.75) is 46.5 Å². The van der Waals surface area contributed by atoms with Crippen molar-refractivity contribution in [1.82, 2.24) is 9.88 Å². The number of hydrogen-bond donors (Lipinski definition) is 1. The van der Waals surface area contributed by atoms with Gasteiger partial charge >= 0.3 is 5.97 Å². The molecule has 1 rings (SSSR count). The summed E-state index contributed by atoms with van der Waals surface area (Å²) in [5.41, 5.74) is 0.562. The van der Waals surface area contributed by atoms with Crippen molar-refractivity contribution in [1.29, 1.82) is 0 Å². The van der Waals surface area contributed by atoms with E-state index in [1.807, 2.05) is 27.7 Å². The molecule has 0 unspecified atom stereocenters. The van der Waals surface area contributed by atoms with Gasteiger partial charge in [-0.2, -0.15) is 0 Å². The van der Waals surface area contributed by atoms with Crippen LogP contribution in [0.25, 0.3) is 0 Å². The van der Waals surface area contributed by atoms with E-state index in [1.165, 1.54) is 16.2 Å². The van der Waals surface area contributed by atoms with Gasteiger partial charge in [-0.25, -0.2) is 4.98 Å². The summed E-state index contributed by atoms with van der Waals surface area (Å²) in [4.78, 5) is 29.7. The van der Waals surface area contributed by atoms with Crippen LogP contribution in [-0.4, -0.2) is 40.0 Å². The van der Waals surface area contributed by atoms with Gasteiger partial charge < -0.3 is 10.0 Å². The van der Waals surface area contributed by atoms with Crippen LogP contribution in [0, 0.1) is 6.92 Å². The number of hydrogen-bond acceptors (Lipinski definition) is 4. The number of aromatic nitrogens is 1. The van der Waals surface area contributed by atoms with Crippen LogP contribution in [0.1, 0.15) is 54.5 Å². The second-order valence-corrected chi connectivity index (χ2v) is 6.80. The zero-order chi connectivity index (χ0) is 15.5. The van der Waals surface area contributed by atoms with Crippen LogP contribution in [0.5, 0.6) is 0 Å². The molecule has 0 aliphatic rings. The number of aryl methyl sites for hydroxylation is 1. The van der Waals surface area contributed by atoms with Crippen molar-refractivity contribution in [2.75, 3.05) is 13.1 Å². The molecule has 1 amide bonds. The number of thiazole rings is 1. The van der Waals surface area contributed by atoms with Crippen LogP contribution in [0.3, 0.4) is 0 Å². The molecule has 1 aromatic rings. The molecule has 6 heteroatoms. The number of rotatable bonds is 5. The van der Waals surface area contributed by atoms with Crippen LogP contribution in [0.4, 0.5) is 0 Å². The van der Waals surface area contributed by atoms with Crippen LogP contribution in [0.2, 0.25) is 0 Å². The molecule has 0 radical (unpaired) electrons. The fourth-order valence-electron chi connectivity index (χ4n) is 1.74. The Morgan fingerprint density at radius 2 is 1.95 bits per heavy atom. The summed E-state index contributed by atoms with van der Waals surface area (Å²) in [6.45, 7) is 10.0. The topological polar surface area (TPSA) is 70.5 Å². The van der Waals surface area contributed by atoms with Crippen molar-refractivity contribution in [2.24, 2.45) is 0 Å². The lowest BCUT2D eigenvalue weighted by molar-refractivity contribution is -0.137. The molecule has 20 heavy (non-hydrogen) atoms. The quantitative estimate of drug-likeness (QED) is 0.907. The van der Waals surface area contributed by atoms with E-state index in [2.05, 4.69) is 4.98 Å². The summed E-state index contributed by atoms with van der Waals surface area (Å²) < 4.78 is 0. The van der Waals surface area contributed by atoms with Gasteiger partial charge in [0.25, 0.3) is 5.91 Å². The third kappa shape index (κ3) is 4.03. The minimum atomic E-state index is -0.995. The number of carboxylic acids is 1. The third-order valence-electron chi connectivity index (χ3n) is 2.74. The lowest BCUT2D eigenvalue weighted by Gasteiger charge is -2.19. The number of carboxylic acid groups (broad SMARTS) is 1. The molecule has 0 saturated carbocycles. The van der Waals surface area contributed by atoms with E-state index in [-0.39, 0.29) is 17.9 Å². The Hall–Kier alpha value is -1.43. The van der Waals surface area contributed by atoms with Gasteiger partial charge in [0.05, 0.1) is 10.7 Å². The van der Waals surface area contributed by atoms with Gasteiger partial charge in [0.1, 0.15) is 11.4 Å². The summed E-state index contributed by atoms with van der Waals surface area (Å²) >= 11 is 1.36. The normalized spacial score (nSPS) is 11.4. The lowest BCUT2D eigenvalue weighted by atomic mass is 9.98. The zero-order valence-electron chi connectivity index (χ0n) is 12.7. The molecule has 0 aromatic carbocycles. The van der Waals surface area contributed by atoms with Gasteiger partial charge in [-0.15, -0.1) is 11.3 Å². The Morgan fingerprint density at radius 3 is 2.35 bits per heavy atom. The largest absolute Gasteiger partial charge is 0.480 e. The lowest BCUT2D eigenvalue weighted by Crippen LogP contribution is -2.36. The maximum Gasteiger partial charge on any atom is 0.323 e. The fraction of sp³-hybridized carbons (Fsp3) is 0.643. The molecule has 0 spiro atoms. The first-order chi connectivity index (χ1) is 9.16. The van der Waals surface area contributed by atoms with Crippen LogP contribution in [0.15, 0.2) is 0 Å². The highest BCUT2D eigenvalue weighted by Gasteiger charge is 2.26. The van der Waals surface area contributed by atoms with E-state index in [9.17, 15) is 9.59 Å². The van der Waals surface area contributed by atoms with Crippen LogP contribution >= 0.6 is 11.3 Å². The summed E-state index contributed by atoms with van der Waals surface area (Å²) in [6.07, 6.45) is 0.725. The smallest absolute Gasteiger partial charge is 0.323 e. The zero-order valence-corrected chi connectivity index (χ0v) is 13.5. The summed E-state index contributed by atoms with van der Waals surface area (Å²) in [5, 5.41) is 9.80. The molecule has 0 atom stereocenters. The predicted octanol–water partition coefficient (Wildman–Crippen LogP) is 2.69. The molecular formula is C14H22N2O3S. The monoisotopic (exact) mass is 298 g/mol. The Morgan fingerprint density at radius 1 is 1.35 bits per heavy atom. The highest BCUT2D eigenvalue weighted by Crippen LogP contribution is 2.29. The number of carbonyl (C=O) groups excluding carboxylic acids is 1. The van der Waals surface area contributed by atoms with Crippen molar-refractivity contribution in [3.8, 4) is 0 Å². The van der Waals surface area contributed by atoms with Crippen molar-refractivity contribution in [3.63, 3.8) is 0 Å². The van der Waals surface area contributed by atoms with Gasteiger partial charge in [-0.05, 0) is 13.3 Å². The molecule has 5 nitrogen and oxygen atoms in total. The minimum absolute atomic E-state index is 0.115. The van der Waals surface area contributed by atoms with Crippen molar-refractivity contribution in [3.05, 3.63) is 15.6 Å². The highest BCUT2D eigenvalue weighted by molar-refractivity contribution is 7.14. The van der Waals surface area contributed by atoms with Crippen molar-refractivity contribution < 1.29 is 14.7 Å². The first-order valence-corrected chi connectivity index (χ1v) is 7.47. The molecule has 1 N–H and O–H groups in total. The molecule has 1 aromatic heterocycles. The summed E-state index contributed by atoms with van der Waals surface area (Å²) in [7, 11) is 0. The molecule has 0 saturated heterocycles. The average molecular weight is 298 g/mol. The van der Waals surface area contributed by atoms with Gasteiger partial charge in [-0.3, -0.25) is 9.59 Å². The average Bonchev–Trinajstić information content (AvgIpc) is 2.69. The summed E-state index contributed by atoms with van der Waals surface area (Å²) in [5.74, 6) is -1.23. The molecule has 1 heterocycles. The number of nitrogens with zero attached hydrogens (tertiary/aromatic N) is 2. The van der Waals surface area contributed by atoms with Gasteiger partial charge in [0, 0.05) is 12.0 Å². The Bertz CT molecular complexity index is 503. The van der Waals surface area contributed by atoms with Gasteiger partial charge in [0.15, 0.2) is 0 Å². The first kappa shape index (κ1) is 16.6. The van der Waals surface area contributed by atoms with E-state index in [0.29, 0.717) is 17.1 Å².